The van der Waals surface area contributed by atoms with Crippen molar-refractivity contribution in [3.05, 3.63) is 72.6 Å². The summed E-state index contributed by atoms with van der Waals surface area (Å²) in [6.45, 7) is 1.40. The van der Waals surface area contributed by atoms with Gasteiger partial charge in [-0.15, -0.1) is 0 Å². The first kappa shape index (κ1) is 17.3. The maximum absolute atomic E-state index is 11.4. The molecule has 1 saturated heterocycles. The van der Waals surface area contributed by atoms with E-state index in [2.05, 4.69) is 27.0 Å². The van der Waals surface area contributed by atoms with Crippen molar-refractivity contribution in [1.29, 1.82) is 0 Å². The number of nitrogens with zero attached hydrogens (tertiary/aromatic N) is 2. The van der Waals surface area contributed by atoms with Gasteiger partial charge in [0, 0.05) is 43.4 Å². The highest BCUT2D eigenvalue weighted by atomic mass is 16.5. The molecule has 4 rings (SSSR count). The molecule has 2 aromatic carbocycles. The van der Waals surface area contributed by atoms with Gasteiger partial charge in [0.05, 0.1) is 6.61 Å². The third kappa shape index (κ3) is 4.37. The number of hydrogen-bond donors (Lipinski definition) is 1. The van der Waals surface area contributed by atoms with Crippen LogP contribution in [0.3, 0.4) is 0 Å². The van der Waals surface area contributed by atoms with E-state index in [1.807, 2.05) is 48.7 Å². The van der Waals surface area contributed by atoms with Gasteiger partial charge in [0.15, 0.2) is 0 Å². The van der Waals surface area contributed by atoms with Crippen molar-refractivity contribution in [2.45, 2.75) is 31.8 Å². The molecule has 27 heavy (non-hydrogen) atoms. The lowest BCUT2D eigenvalue weighted by Gasteiger charge is -2.14. The van der Waals surface area contributed by atoms with Gasteiger partial charge in [-0.25, -0.2) is 4.98 Å². The van der Waals surface area contributed by atoms with E-state index in [1.165, 1.54) is 5.56 Å². The zero-order valence-electron chi connectivity index (χ0n) is 15.2. The number of imidazole rings is 1. The van der Waals surface area contributed by atoms with Crippen LogP contribution < -0.4 is 10.1 Å². The molecule has 3 aromatic rings. The molecule has 0 bridgehead atoms. The molecule has 5 heteroatoms. The summed E-state index contributed by atoms with van der Waals surface area (Å²) >= 11 is 0. The Hall–Kier alpha value is -3.08. The lowest BCUT2D eigenvalue weighted by atomic mass is 10.1. The Labute approximate surface area is 159 Å². The summed E-state index contributed by atoms with van der Waals surface area (Å²) in [6.07, 6.45) is 6.15. The third-order valence-electron chi connectivity index (χ3n) is 4.83. The topological polar surface area (TPSA) is 56.2 Å². The van der Waals surface area contributed by atoms with Crippen LogP contribution in [0.2, 0.25) is 0 Å². The van der Waals surface area contributed by atoms with Crippen LogP contribution in [0.1, 0.15) is 18.4 Å². The molecule has 2 heterocycles. The van der Waals surface area contributed by atoms with Crippen LogP contribution in [-0.4, -0.2) is 28.1 Å². The maximum atomic E-state index is 11.4. The average molecular weight is 361 g/mol. The summed E-state index contributed by atoms with van der Waals surface area (Å²) in [5.41, 5.74) is 2.31. The van der Waals surface area contributed by atoms with E-state index in [9.17, 15) is 4.79 Å². The van der Waals surface area contributed by atoms with Crippen molar-refractivity contribution in [2.75, 3.05) is 6.61 Å². The monoisotopic (exact) mass is 361 g/mol. The van der Waals surface area contributed by atoms with Gasteiger partial charge in [-0.2, -0.15) is 0 Å². The molecule has 0 aliphatic carbocycles. The minimum absolute atomic E-state index is 0.138. The Morgan fingerprint density at radius 2 is 1.93 bits per heavy atom. The highest BCUT2D eigenvalue weighted by molar-refractivity contribution is 5.78. The van der Waals surface area contributed by atoms with Crippen LogP contribution in [0.5, 0.6) is 5.75 Å². The molecule has 1 fully saturated rings. The highest BCUT2D eigenvalue weighted by Gasteiger charge is 2.21. The second-order valence-corrected chi connectivity index (χ2v) is 6.81. The van der Waals surface area contributed by atoms with Crippen LogP contribution in [-0.2, 0) is 17.8 Å². The fourth-order valence-electron chi connectivity index (χ4n) is 3.40. The van der Waals surface area contributed by atoms with Gasteiger partial charge in [-0.05, 0) is 36.2 Å². The van der Waals surface area contributed by atoms with Gasteiger partial charge in [0.25, 0.3) is 0 Å². The fourth-order valence-corrected chi connectivity index (χ4v) is 3.40. The van der Waals surface area contributed by atoms with Crippen LogP contribution in [0, 0.1) is 0 Å². The van der Waals surface area contributed by atoms with E-state index in [0.717, 1.165) is 36.5 Å². The van der Waals surface area contributed by atoms with Crippen LogP contribution >= 0.6 is 0 Å². The summed E-state index contributed by atoms with van der Waals surface area (Å²) in [4.78, 5) is 15.9. The number of benzene rings is 2. The molecular formula is C22H23N3O2. The second kappa shape index (κ2) is 8.08. The SMILES string of the molecule is O=C1CCC(Cn2ccnc2-c2ccc(OCCc3ccccc3)cc2)N1. The Bertz CT molecular complexity index is 887. The van der Waals surface area contributed by atoms with Crippen molar-refractivity contribution in [2.24, 2.45) is 0 Å². The summed E-state index contributed by atoms with van der Waals surface area (Å²) in [5, 5.41) is 3.01. The molecule has 1 N–H and O–H groups in total. The lowest BCUT2D eigenvalue weighted by molar-refractivity contribution is -0.119. The molecule has 1 unspecified atom stereocenters. The quantitative estimate of drug-likeness (QED) is 0.701. The zero-order valence-corrected chi connectivity index (χ0v) is 15.2. The van der Waals surface area contributed by atoms with Crippen molar-refractivity contribution in [1.82, 2.24) is 14.9 Å². The van der Waals surface area contributed by atoms with Crippen molar-refractivity contribution < 1.29 is 9.53 Å². The summed E-state index contributed by atoms with van der Waals surface area (Å²) in [6, 6.07) is 18.5. The zero-order chi connectivity index (χ0) is 18.5. The second-order valence-electron chi connectivity index (χ2n) is 6.81. The van der Waals surface area contributed by atoms with E-state index in [1.54, 1.807) is 6.20 Å². The molecule has 1 aliphatic rings. The lowest BCUT2D eigenvalue weighted by Crippen LogP contribution is -2.29. The van der Waals surface area contributed by atoms with Gasteiger partial charge >= 0.3 is 0 Å². The number of aromatic nitrogens is 2. The molecule has 5 nitrogen and oxygen atoms in total. The number of nitrogens with one attached hydrogen (secondary N) is 1. The van der Waals surface area contributed by atoms with E-state index < -0.39 is 0 Å². The predicted molar refractivity (Wildman–Crippen MR) is 104 cm³/mol. The molecule has 0 spiro atoms. The maximum Gasteiger partial charge on any atom is 0.220 e. The molecular weight excluding hydrogens is 338 g/mol. The number of hydrogen-bond acceptors (Lipinski definition) is 3. The molecule has 1 amide bonds. The highest BCUT2D eigenvalue weighted by Crippen LogP contribution is 2.22. The normalized spacial score (nSPS) is 16.3. The van der Waals surface area contributed by atoms with Gasteiger partial charge in [-0.3, -0.25) is 4.79 Å². The Morgan fingerprint density at radius 1 is 1.11 bits per heavy atom. The number of rotatable bonds is 7. The molecule has 0 radical (unpaired) electrons. The minimum Gasteiger partial charge on any atom is -0.493 e. The van der Waals surface area contributed by atoms with E-state index in [0.29, 0.717) is 13.0 Å². The number of ether oxygens (including phenoxy) is 1. The third-order valence-corrected chi connectivity index (χ3v) is 4.83. The number of amides is 1. The van der Waals surface area contributed by atoms with Crippen molar-refractivity contribution in [3.8, 4) is 17.1 Å². The standard InChI is InChI=1S/C22H23N3O2/c26-21-11-8-19(24-21)16-25-14-13-23-22(25)18-6-9-20(10-7-18)27-15-12-17-4-2-1-3-5-17/h1-7,9-10,13-14,19H,8,11-12,15-16H2,(H,24,26). The summed E-state index contributed by atoms with van der Waals surface area (Å²) in [7, 11) is 0. The largest absolute Gasteiger partial charge is 0.493 e. The Morgan fingerprint density at radius 3 is 2.67 bits per heavy atom. The minimum atomic E-state index is 0.138. The van der Waals surface area contributed by atoms with Crippen LogP contribution in [0.15, 0.2) is 67.0 Å². The molecule has 1 atom stereocenters. The average Bonchev–Trinajstić information content (AvgIpc) is 3.32. The smallest absolute Gasteiger partial charge is 0.220 e. The summed E-state index contributed by atoms with van der Waals surface area (Å²) in [5.74, 6) is 1.90. The fraction of sp³-hybridized carbons (Fsp3) is 0.273. The van der Waals surface area contributed by atoms with Crippen molar-refractivity contribution >= 4 is 5.91 Å². The predicted octanol–water partition coefficient (Wildman–Crippen LogP) is 3.45. The van der Waals surface area contributed by atoms with E-state index in [-0.39, 0.29) is 11.9 Å². The van der Waals surface area contributed by atoms with E-state index >= 15 is 0 Å². The first-order chi connectivity index (χ1) is 13.3. The molecule has 138 valence electrons. The summed E-state index contributed by atoms with van der Waals surface area (Å²) < 4.78 is 7.96. The van der Waals surface area contributed by atoms with Crippen LogP contribution in [0.4, 0.5) is 0 Å². The molecule has 0 saturated carbocycles. The van der Waals surface area contributed by atoms with Crippen LogP contribution in [0.25, 0.3) is 11.4 Å². The first-order valence-corrected chi connectivity index (χ1v) is 9.35. The van der Waals surface area contributed by atoms with Gasteiger partial charge in [0.1, 0.15) is 11.6 Å². The van der Waals surface area contributed by atoms with Crippen molar-refractivity contribution in [3.63, 3.8) is 0 Å². The molecule has 1 aliphatic heterocycles. The van der Waals surface area contributed by atoms with Gasteiger partial charge in [0.2, 0.25) is 5.91 Å². The Balaban J connectivity index is 1.36. The number of carbonyl (C=O) groups excluding carboxylic acids is 1. The first-order valence-electron chi connectivity index (χ1n) is 9.35. The number of carbonyl (C=O) groups is 1. The Kier molecular flexibility index (Phi) is 5.19. The molecule has 1 aromatic heterocycles. The van der Waals surface area contributed by atoms with E-state index in [4.69, 9.17) is 4.74 Å². The van der Waals surface area contributed by atoms with Gasteiger partial charge in [-0.1, -0.05) is 30.3 Å². The van der Waals surface area contributed by atoms with Gasteiger partial charge < -0.3 is 14.6 Å².